The number of fused-ring (bicyclic) bond motifs is 3. The summed E-state index contributed by atoms with van der Waals surface area (Å²) in [4.78, 5) is 19.2. The van der Waals surface area contributed by atoms with Crippen LogP contribution in [0.2, 0.25) is 5.02 Å². The van der Waals surface area contributed by atoms with E-state index < -0.39 is 5.91 Å². The summed E-state index contributed by atoms with van der Waals surface area (Å²) in [6.45, 7) is 0. The van der Waals surface area contributed by atoms with Crippen molar-refractivity contribution >= 4 is 56.6 Å². The van der Waals surface area contributed by atoms with Gasteiger partial charge < -0.3 is 17.2 Å². The van der Waals surface area contributed by atoms with E-state index in [-0.39, 0.29) is 5.11 Å². The van der Waals surface area contributed by atoms with Crippen molar-refractivity contribution in [1.29, 1.82) is 0 Å². The Hall–Kier alpha value is -3.29. The summed E-state index contributed by atoms with van der Waals surface area (Å²) in [5, 5.41) is 2.88. The van der Waals surface area contributed by atoms with E-state index in [4.69, 9.17) is 17.3 Å². The van der Waals surface area contributed by atoms with Crippen LogP contribution in [0, 0.1) is 0 Å². The molecule has 0 aliphatic rings. The van der Waals surface area contributed by atoms with E-state index in [0.29, 0.717) is 10.6 Å². The highest BCUT2D eigenvalue weighted by Crippen LogP contribution is 2.20. The molecule has 1 amide bonds. The number of primary amides is 1. The van der Waals surface area contributed by atoms with E-state index in [1.165, 1.54) is 0 Å². The fourth-order valence-electron chi connectivity index (χ4n) is 2.31. The van der Waals surface area contributed by atoms with Crippen LogP contribution in [-0.4, -0.2) is 21.0 Å². The van der Waals surface area contributed by atoms with E-state index in [1.54, 1.807) is 30.5 Å². The zero-order valence-corrected chi connectivity index (χ0v) is 16.3. The molecule has 2 aromatic heterocycles. The predicted molar refractivity (Wildman–Crippen MR) is 118 cm³/mol. The molecule has 2 aromatic carbocycles. The topological polar surface area (TPSA) is 121 Å². The van der Waals surface area contributed by atoms with Gasteiger partial charge in [0.05, 0.1) is 11.0 Å². The number of amides is 1. The molecule has 0 radical (unpaired) electrons. The Morgan fingerprint density at radius 2 is 1.46 bits per heavy atom. The molecule has 4 aromatic rings. The number of carbonyl (C=O) groups is 1. The second-order valence-corrected chi connectivity index (χ2v) is 6.39. The van der Waals surface area contributed by atoms with Gasteiger partial charge in [-0.15, -0.1) is 0 Å². The molecular weight excluding hydrogens is 394 g/mol. The Balaban J connectivity index is 0.000000176. The van der Waals surface area contributed by atoms with Crippen LogP contribution in [0.25, 0.3) is 21.8 Å². The first-order chi connectivity index (χ1) is 13.4. The minimum Gasteiger partial charge on any atom is -0.377 e. The van der Waals surface area contributed by atoms with Crippen molar-refractivity contribution in [2.45, 2.75) is 0 Å². The van der Waals surface area contributed by atoms with E-state index >= 15 is 0 Å². The molecular formula is C20H18ClN5OS. The van der Waals surface area contributed by atoms with Gasteiger partial charge in [-0.3, -0.25) is 14.8 Å². The van der Waals surface area contributed by atoms with E-state index in [1.807, 2.05) is 24.4 Å². The van der Waals surface area contributed by atoms with Crippen molar-refractivity contribution in [3.05, 3.63) is 83.6 Å². The van der Waals surface area contributed by atoms with Crippen molar-refractivity contribution < 1.29 is 4.79 Å². The molecule has 142 valence electrons. The number of rotatable bonds is 1. The quantitative estimate of drug-likeness (QED) is 0.326. The summed E-state index contributed by atoms with van der Waals surface area (Å²) in [6, 6.07) is 18.5. The molecule has 0 atom stereocenters. The fraction of sp³-hybridized carbons (Fsp3) is 0. The smallest absolute Gasteiger partial charge is 0.248 e. The lowest BCUT2D eigenvalue weighted by atomic mass is 10.1. The first kappa shape index (κ1) is 21.0. The monoisotopic (exact) mass is 411 g/mol. The molecule has 6 N–H and O–H groups in total. The maximum Gasteiger partial charge on any atom is 0.248 e. The van der Waals surface area contributed by atoms with Gasteiger partial charge in [-0.25, -0.2) is 0 Å². The van der Waals surface area contributed by atoms with Crippen molar-refractivity contribution in [1.82, 2.24) is 9.97 Å². The van der Waals surface area contributed by atoms with Gasteiger partial charge in [0.25, 0.3) is 0 Å². The second-order valence-electron chi connectivity index (χ2n) is 5.48. The van der Waals surface area contributed by atoms with Crippen molar-refractivity contribution in [2.24, 2.45) is 17.2 Å². The number of hydrogen-bond acceptors (Lipinski definition) is 4. The number of hydrogen-bond donors (Lipinski definition) is 3. The molecule has 2 heterocycles. The van der Waals surface area contributed by atoms with Gasteiger partial charge >= 0.3 is 0 Å². The summed E-state index contributed by atoms with van der Waals surface area (Å²) in [5.74, 6) is -0.434. The second kappa shape index (κ2) is 10.1. The Morgan fingerprint density at radius 1 is 0.857 bits per heavy atom. The first-order valence-corrected chi connectivity index (χ1v) is 8.86. The number of thiocarbonyl (C=S) groups is 1. The van der Waals surface area contributed by atoms with Crippen LogP contribution in [0.15, 0.2) is 73.1 Å². The zero-order valence-electron chi connectivity index (χ0n) is 14.7. The van der Waals surface area contributed by atoms with Gasteiger partial charge in [0.2, 0.25) is 5.91 Å². The summed E-state index contributed by atoms with van der Waals surface area (Å²) in [6.07, 6.45) is 3.62. The lowest BCUT2D eigenvalue weighted by Crippen LogP contribution is -2.18. The lowest BCUT2D eigenvalue weighted by molar-refractivity contribution is 0.100. The normalized spacial score (nSPS) is 9.61. The van der Waals surface area contributed by atoms with E-state index in [2.05, 4.69) is 51.9 Å². The number of carbonyl (C=O) groups excluding carboxylic acids is 1. The fourth-order valence-corrected chi connectivity index (χ4v) is 2.44. The first-order valence-electron chi connectivity index (χ1n) is 8.07. The van der Waals surface area contributed by atoms with Gasteiger partial charge in [0, 0.05) is 33.8 Å². The van der Waals surface area contributed by atoms with Crippen molar-refractivity contribution in [3.63, 3.8) is 0 Å². The molecule has 0 saturated heterocycles. The van der Waals surface area contributed by atoms with Crippen LogP contribution in [0.5, 0.6) is 0 Å². The van der Waals surface area contributed by atoms with Gasteiger partial charge in [0.15, 0.2) is 5.11 Å². The molecule has 0 saturated carbocycles. The largest absolute Gasteiger partial charge is 0.377 e. The van der Waals surface area contributed by atoms with Crippen LogP contribution < -0.4 is 17.2 Å². The van der Waals surface area contributed by atoms with Gasteiger partial charge in [-0.1, -0.05) is 23.7 Å². The molecule has 0 spiro atoms. The van der Waals surface area contributed by atoms with Crippen LogP contribution >= 0.6 is 23.8 Å². The molecule has 0 bridgehead atoms. The van der Waals surface area contributed by atoms with Crippen LogP contribution in [0.1, 0.15) is 10.4 Å². The van der Waals surface area contributed by atoms with Crippen molar-refractivity contribution in [2.75, 3.05) is 0 Å². The molecule has 28 heavy (non-hydrogen) atoms. The average molecular weight is 412 g/mol. The summed E-state index contributed by atoms with van der Waals surface area (Å²) < 4.78 is 0. The molecule has 0 aliphatic heterocycles. The maximum atomic E-state index is 10.5. The van der Waals surface area contributed by atoms with E-state index in [0.717, 1.165) is 21.8 Å². The standard InChI is InChI=1S/C12H8N2.C7H6ClNO.CH4N2S/c1-3-9-5-6-11-10(4-2-7-13-11)12(9)14-8-1;8-6-3-1-5(2-4-6)7(9)10;2-1(3)4/h1-8H;1-4H,(H2,9,10);(H4,2,3,4). The highest BCUT2D eigenvalue weighted by Gasteiger charge is 2.00. The number of nitrogens with zero attached hydrogens (tertiary/aromatic N) is 2. The maximum absolute atomic E-state index is 10.5. The number of aromatic nitrogens is 2. The highest BCUT2D eigenvalue weighted by molar-refractivity contribution is 7.80. The van der Waals surface area contributed by atoms with Crippen molar-refractivity contribution in [3.8, 4) is 0 Å². The molecule has 0 unspecified atom stereocenters. The van der Waals surface area contributed by atoms with Gasteiger partial charge in [0.1, 0.15) is 0 Å². The van der Waals surface area contributed by atoms with Crippen LogP contribution in [0.4, 0.5) is 0 Å². The minimum atomic E-state index is -0.434. The third-order valence-electron chi connectivity index (χ3n) is 3.48. The molecule has 8 heteroatoms. The number of halogens is 1. The number of nitrogens with two attached hydrogens (primary N) is 3. The molecule has 0 fully saturated rings. The summed E-state index contributed by atoms with van der Waals surface area (Å²) in [7, 11) is 0. The molecule has 4 rings (SSSR count). The summed E-state index contributed by atoms with van der Waals surface area (Å²) in [5.41, 5.74) is 16.7. The Kier molecular flexibility index (Phi) is 7.62. The molecule has 6 nitrogen and oxygen atoms in total. The van der Waals surface area contributed by atoms with E-state index in [9.17, 15) is 4.79 Å². The number of benzene rings is 2. The van der Waals surface area contributed by atoms with Gasteiger partial charge in [-0.2, -0.15) is 0 Å². The Bertz CT molecular complexity index is 1040. The lowest BCUT2D eigenvalue weighted by Gasteiger charge is -2.00. The van der Waals surface area contributed by atoms with Crippen LogP contribution in [0.3, 0.4) is 0 Å². The van der Waals surface area contributed by atoms with Gasteiger partial charge in [-0.05, 0) is 60.7 Å². The van der Waals surface area contributed by atoms with Crippen LogP contribution in [-0.2, 0) is 0 Å². The average Bonchev–Trinajstić information content (AvgIpc) is 2.68. The third-order valence-corrected chi connectivity index (χ3v) is 3.73. The Morgan fingerprint density at radius 3 is 2.11 bits per heavy atom. The SMILES string of the molecule is NC(=O)c1ccc(Cl)cc1.NC(N)=S.c1cnc2c(c1)ccc1ncccc12. The Labute approximate surface area is 172 Å². The predicted octanol–water partition coefficient (Wildman–Crippen LogP) is 3.41. The summed E-state index contributed by atoms with van der Waals surface area (Å²) >= 11 is 9.66. The molecule has 0 aliphatic carbocycles. The number of pyridine rings is 2. The highest BCUT2D eigenvalue weighted by atomic mass is 35.5. The third kappa shape index (κ3) is 6.15. The zero-order chi connectivity index (χ0) is 20.5. The minimum absolute atomic E-state index is 0.000000000000000222.